The molecule has 0 aromatic heterocycles. The standard InChI is InChI=1S/C12H14N2O/c1-14-6-5-11(8-14)10-3-2-4-12(7-10)13-9-15/h2-4,7,11H,5-6,8H2,1H3. The number of isocyanates is 1. The van der Waals surface area contributed by atoms with E-state index in [4.69, 9.17) is 0 Å². The number of carbonyl (C=O) groups excluding carboxylic acids is 1. The summed E-state index contributed by atoms with van der Waals surface area (Å²) >= 11 is 0. The summed E-state index contributed by atoms with van der Waals surface area (Å²) in [4.78, 5) is 16.1. The van der Waals surface area contributed by atoms with E-state index in [0.29, 0.717) is 11.6 Å². The van der Waals surface area contributed by atoms with E-state index < -0.39 is 0 Å². The molecule has 0 saturated carbocycles. The van der Waals surface area contributed by atoms with Crippen molar-refractivity contribution in [3.05, 3.63) is 29.8 Å². The number of likely N-dealkylation sites (N-methyl/N-ethyl adjacent to an activating group) is 1. The highest BCUT2D eigenvalue weighted by atomic mass is 16.1. The van der Waals surface area contributed by atoms with Crippen LogP contribution in [0.2, 0.25) is 0 Å². The smallest absolute Gasteiger partial charge is 0.240 e. The Bertz CT molecular complexity index is 396. The van der Waals surface area contributed by atoms with Crippen molar-refractivity contribution in [2.45, 2.75) is 12.3 Å². The zero-order valence-corrected chi connectivity index (χ0v) is 8.81. The summed E-state index contributed by atoms with van der Waals surface area (Å²) in [6.07, 6.45) is 2.76. The molecule has 0 amide bonds. The van der Waals surface area contributed by atoms with Gasteiger partial charge < -0.3 is 4.90 Å². The second-order valence-electron chi connectivity index (χ2n) is 4.05. The molecule has 15 heavy (non-hydrogen) atoms. The van der Waals surface area contributed by atoms with Crippen LogP contribution >= 0.6 is 0 Å². The van der Waals surface area contributed by atoms with E-state index in [1.54, 1.807) is 6.08 Å². The lowest BCUT2D eigenvalue weighted by molar-refractivity contribution is 0.411. The SMILES string of the molecule is CN1CCC(c2cccc(N=C=O)c2)C1. The van der Waals surface area contributed by atoms with Crippen LogP contribution in [0.4, 0.5) is 5.69 Å². The Kier molecular flexibility index (Phi) is 2.95. The van der Waals surface area contributed by atoms with Crippen LogP contribution in [0.25, 0.3) is 0 Å². The van der Waals surface area contributed by atoms with Gasteiger partial charge in [-0.3, -0.25) is 0 Å². The van der Waals surface area contributed by atoms with Gasteiger partial charge >= 0.3 is 0 Å². The van der Waals surface area contributed by atoms with Gasteiger partial charge in [-0.15, -0.1) is 0 Å². The molecule has 0 aliphatic carbocycles. The summed E-state index contributed by atoms with van der Waals surface area (Å²) in [5.74, 6) is 0.580. The monoisotopic (exact) mass is 202 g/mol. The van der Waals surface area contributed by atoms with Gasteiger partial charge in [0.2, 0.25) is 6.08 Å². The maximum atomic E-state index is 10.2. The minimum atomic E-state index is 0.580. The number of hydrogen-bond donors (Lipinski definition) is 0. The molecule has 1 aliphatic heterocycles. The lowest BCUT2D eigenvalue weighted by atomic mass is 9.98. The van der Waals surface area contributed by atoms with Crippen molar-refractivity contribution in [3.8, 4) is 0 Å². The van der Waals surface area contributed by atoms with Crippen molar-refractivity contribution in [2.75, 3.05) is 20.1 Å². The molecule has 1 aromatic carbocycles. The fraction of sp³-hybridized carbons (Fsp3) is 0.417. The molecule has 0 radical (unpaired) electrons. The summed E-state index contributed by atoms with van der Waals surface area (Å²) in [5, 5.41) is 0. The normalized spacial score (nSPS) is 21.3. The van der Waals surface area contributed by atoms with Gasteiger partial charge in [0.15, 0.2) is 0 Å². The molecule has 1 heterocycles. The maximum absolute atomic E-state index is 10.2. The third-order valence-electron chi connectivity index (χ3n) is 2.91. The number of likely N-dealkylation sites (tertiary alicyclic amines) is 1. The topological polar surface area (TPSA) is 32.7 Å². The van der Waals surface area contributed by atoms with Gasteiger partial charge in [-0.1, -0.05) is 12.1 Å². The van der Waals surface area contributed by atoms with Gasteiger partial charge in [-0.05, 0) is 43.6 Å². The van der Waals surface area contributed by atoms with Gasteiger partial charge in [0.25, 0.3) is 0 Å². The van der Waals surface area contributed by atoms with E-state index in [0.717, 1.165) is 13.1 Å². The molecule has 2 rings (SSSR count). The highest BCUT2D eigenvalue weighted by molar-refractivity contribution is 5.50. The molecule has 1 aromatic rings. The molecule has 1 aliphatic rings. The molecule has 0 spiro atoms. The molecular formula is C12H14N2O. The molecule has 1 fully saturated rings. The molecule has 1 atom stereocenters. The predicted octanol–water partition coefficient (Wildman–Crippen LogP) is 2.07. The van der Waals surface area contributed by atoms with Crippen LogP contribution in [0.15, 0.2) is 29.3 Å². The van der Waals surface area contributed by atoms with Crippen molar-refractivity contribution in [1.29, 1.82) is 0 Å². The van der Waals surface area contributed by atoms with E-state index in [2.05, 4.69) is 23.0 Å². The second kappa shape index (κ2) is 4.39. The summed E-state index contributed by atoms with van der Waals surface area (Å²) in [5.41, 5.74) is 1.98. The largest absolute Gasteiger partial charge is 0.306 e. The Hall–Kier alpha value is -1.44. The zero-order chi connectivity index (χ0) is 10.7. The van der Waals surface area contributed by atoms with E-state index >= 15 is 0 Å². The van der Waals surface area contributed by atoms with Crippen molar-refractivity contribution in [1.82, 2.24) is 4.90 Å². The van der Waals surface area contributed by atoms with Crippen LogP contribution in [-0.4, -0.2) is 31.1 Å². The van der Waals surface area contributed by atoms with Crippen molar-refractivity contribution in [3.63, 3.8) is 0 Å². The van der Waals surface area contributed by atoms with Gasteiger partial charge in [0.1, 0.15) is 0 Å². The Labute approximate surface area is 89.4 Å². The van der Waals surface area contributed by atoms with E-state index in [-0.39, 0.29) is 0 Å². The summed E-state index contributed by atoms with van der Waals surface area (Å²) in [6.45, 7) is 2.24. The second-order valence-corrected chi connectivity index (χ2v) is 4.05. The number of benzene rings is 1. The first-order chi connectivity index (χ1) is 7.29. The van der Waals surface area contributed by atoms with Gasteiger partial charge in [-0.25, -0.2) is 4.79 Å². The highest BCUT2D eigenvalue weighted by Gasteiger charge is 2.20. The van der Waals surface area contributed by atoms with Crippen molar-refractivity contribution >= 4 is 11.8 Å². The average Bonchev–Trinajstić information content (AvgIpc) is 2.66. The molecule has 1 unspecified atom stereocenters. The first-order valence-electron chi connectivity index (χ1n) is 5.16. The molecule has 1 saturated heterocycles. The average molecular weight is 202 g/mol. The quantitative estimate of drug-likeness (QED) is 0.543. The number of nitrogens with zero attached hydrogens (tertiary/aromatic N) is 2. The molecule has 0 N–H and O–H groups in total. The highest BCUT2D eigenvalue weighted by Crippen LogP contribution is 2.28. The van der Waals surface area contributed by atoms with Gasteiger partial charge in [0, 0.05) is 6.54 Å². The summed E-state index contributed by atoms with van der Waals surface area (Å²) in [6, 6.07) is 7.86. The minimum Gasteiger partial charge on any atom is -0.306 e. The van der Waals surface area contributed by atoms with Crippen LogP contribution in [0, 0.1) is 0 Å². The predicted molar refractivity (Wildman–Crippen MR) is 59.1 cm³/mol. The number of hydrogen-bond acceptors (Lipinski definition) is 3. The molecule has 3 heteroatoms. The first-order valence-corrected chi connectivity index (χ1v) is 5.16. The summed E-state index contributed by atoms with van der Waals surface area (Å²) < 4.78 is 0. The van der Waals surface area contributed by atoms with E-state index in [1.807, 2.05) is 18.2 Å². The Morgan fingerprint density at radius 1 is 1.53 bits per heavy atom. The van der Waals surface area contributed by atoms with Crippen LogP contribution in [0.1, 0.15) is 17.9 Å². The third-order valence-corrected chi connectivity index (χ3v) is 2.91. The van der Waals surface area contributed by atoms with Crippen LogP contribution < -0.4 is 0 Å². The van der Waals surface area contributed by atoms with Crippen molar-refractivity contribution in [2.24, 2.45) is 4.99 Å². The molecular weight excluding hydrogens is 188 g/mol. The van der Waals surface area contributed by atoms with Crippen LogP contribution in [-0.2, 0) is 4.79 Å². The Morgan fingerprint density at radius 3 is 3.07 bits per heavy atom. The summed E-state index contributed by atoms with van der Waals surface area (Å²) in [7, 11) is 2.13. The zero-order valence-electron chi connectivity index (χ0n) is 8.81. The lowest BCUT2D eigenvalue weighted by Gasteiger charge is -2.10. The lowest BCUT2D eigenvalue weighted by Crippen LogP contribution is -2.13. The minimum absolute atomic E-state index is 0.580. The maximum Gasteiger partial charge on any atom is 0.240 e. The Balaban J connectivity index is 2.21. The number of aliphatic imine (C=N–C) groups is 1. The first kappa shape index (κ1) is 10.1. The van der Waals surface area contributed by atoms with Crippen LogP contribution in [0.3, 0.4) is 0 Å². The fourth-order valence-electron chi connectivity index (χ4n) is 2.11. The third kappa shape index (κ3) is 2.32. The molecule has 78 valence electrons. The van der Waals surface area contributed by atoms with Crippen LogP contribution in [0.5, 0.6) is 0 Å². The van der Waals surface area contributed by atoms with E-state index in [1.165, 1.54) is 12.0 Å². The number of rotatable bonds is 2. The van der Waals surface area contributed by atoms with Gasteiger partial charge in [0.05, 0.1) is 5.69 Å². The van der Waals surface area contributed by atoms with Crippen molar-refractivity contribution < 1.29 is 4.79 Å². The fourth-order valence-corrected chi connectivity index (χ4v) is 2.11. The molecule has 3 nitrogen and oxygen atoms in total. The Morgan fingerprint density at radius 2 is 2.40 bits per heavy atom. The van der Waals surface area contributed by atoms with Gasteiger partial charge in [-0.2, -0.15) is 4.99 Å². The van der Waals surface area contributed by atoms with E-state index in [9.17, 15) is 4.79 Å². The molecule has 0 bridgehead atoms.